The zero-order valence-electron chi connectivity index (χ0n) is 12.4. The summed E-state index contributed by atoms with van der Waals surface area (Å²) in [6.07, 6.45) is 2.37. The zero-order chi connectivity index (χ0) is 15.6. The smallest absolute Gasteiger partial charge is 0.153 e. The van der Waals surface area contributed by atoms with Crippen LogP contribution in [0.4, 0.5) is 10.2 Å². The second kappa shape index (κ2) is 5.68. The lowest BCUT2D eigenvalue weighted by atomic mass is 10.1. The number of hydrogen-bond acceptors (Lipinski definition) is 3. The van der Waals surface area contributed by atoms with Crippen molar-refractivity contribution >= 4 is 27.8 Å². The zero-order valence-corrected chi connectivity index (χ0v) is 12.4. The van der Waals surface area contributed by atoms with Crippen molar-refractivity contribution in [2.45, 2.75) is 6.42 Å². The number of benzene rings is 2. The van der Waals surface area contributed by atoms with Crippen LogP contribution in [-0.2, 0) is 6.42 Å². The van der Waals surface area contributed by atoms with E-state index in [4.69, 9.17) is 0 Å². The van der Waals surface area contributed by atoms with Crippen molar-refractivity contribution in [3.8, 4) is 0 Å². The van der Waals surface area contributed by atoms with Crippen molar-refractivity contribution in [3.05, 3.63) is 66.2 Å². The van der Waals surface area contributed by atoms with Crippen LogP contribution in [0.3, 0.4) is 0 Å². The van der Waals surface area contributed by atoms with Crippen LogP contribution in [0.15, 0.2) is 54.9 Å². The molecule has 4 aromatic rings. The normalized spacial score (nSPS) is 11.2. The Labute approximate surface area is 132 Å². The molecule has 0 aliphatic carbocycles. The van der Waals surface area contributed by atoms with E-state index in [1.165, 1.54) is 12.1 Å². The SMILES string of the molecule is Fc1ccc(CCNc2ncnc3c2[nH]c2ccccc23)cc1. The fourth-order valence-corrected chi connectivity index (χ4v) is 2.75. The molecule has 23 heavy (non-hydrogen) atoms. The highest BCUT2D eigenvalue weighted by molar-refractivity contribution is 6.07. The molecule has 0 fully saturated rings. The van der Waals surface area contributed by atoms with Gasteiger partial charge in [-0.3, -0.25) is 0 Å². The van der Waals surface area contributed by atoms with E-state index in [1.807, 2.05) is 24.3 Å². The molecule has 2 N–H and O–H groups in total. The molecule has 2 heterocycles. The van der Waals surface area contributed by atoms with E-state index in [9.17, 15) is 4.39 Å². The first-order valence-electron chi connectivity index (χ1n) is 7.51. The average Bonchev–Trinajstić information content (AvgIpc) is 2.96. The summed E-state index contributed by atoms with van der Waals surface area (Å²) in [5, 5.41) is 4.42. The molecule has 4 rings (SSSR count). The van der Waals surface area contributed by atoms with Gasteiger partial charge in [-0.15, -0.1) is 0 Å². The third-order valence-electron chi connectivity index (χ3n) is 3.91. The van der Waals surface area contributed by atoms with Crippen molar-refractivity contribution in [3.63, 3.8) is 0 Å². The van der Waals surface area contributed by atoms with E-state index in [-0.39, 0.29) is 5.82 Å². The maximum absolute atomic E-state index is 12.9. The number of anilines is 1. The van der Waals surface area contributed by atoms with Crippen LogP contribution in [0.5, 0.6) is 0 Å². The molecule has 2 aromatic heterocycles. The van der Waals surface area contributed by atoms with E-state index in [0.29, 0.717) is 6.54 Å². The molecule has 0 amide bonds. The Kier molecular flexibility index (Phi) is 3.38. The third-order valence-corrected chi connectivity index (χ3v) is 3.91. The van der Waals surface area contributed by atoms with Crippen LogP contribution in [0.25, 0.3) is 21.9 Å². The minimum absolute atomic E-state index is 0.211. The highest BCUT2D eigenvalue weighted by atomic mass is 19.1. The summed E-state index contributed by atoms with van der Waals surface area (Å²) in [5.74, 6) is 0.575. The van der Waals surface area contributed by atoms with Crippen LogP contribution in [0, 0.1) is 5.82 Å². The highest BCUT2D eigenvalue weighted by Crippen LogP contribution is 2.26. The van der Waals surface area contributed by atoms with Gasteiger partial charge in [0.2, 0.25) is 0 Å². The number of para-hydroxylation sites is 1. The Morgan fingerprint density at radius 3 is 2.70 bits per heavy atom. The molecule has 0 saturated heterocycles. The van der Waals surface area contributed by atoms with Crippen LogP contribution in [0.2, 0.25) is 0 Å². The molecule has 0 saturated carbocycles. The van der Waals surface area contributed by atoms with Gasteiger partial charge >= 0.3 is 0 Å². The van der Waals surface area contributed by atoms with Gasteiger partial charge in [0.05, 0.1) is 0 Å². The first kappa shape index (κ1) is 13.7. The Hall–Kier alpha value is -2.95. The topological polar surface area (TPSA) is 53.6 Å². The number of rotatable bonds is 4. The number of aromatic nitrogens is 3. The van der Waals surface area contributed by atoms with Gasteiger partial charge < -0.3 is 10.3 Å². The van der Waals surface area contributed by atoms with E-state index in [0.717, 1.165) is 39.7 Å². The van der Waals surface area contributed by atoms with Crippen LogP contribution in [0.1, 0.15) is 5.56 Å². The van der Waals surface area contributed by atoms with Gasteiger partial charge in [-0.05, 0) is 30.2 Å². The maximum atomic E-state index is 12.9. The Morgan fingerprint density at radius 2 is 1.83 bits per heavy atom. The Morgan fingerprint density at radius 1 is 1.00 bits per heavy atom. The number of H-pyrrole nitrogens is 1. The second-order valence-electron chi connectivity index (χ2n) is 5.42. The van der Waals surface area contributed by atoms with Crippen LogP contribution >= 0.6 is 0 Å². The van der Waals surface area contributed by atoms with E-state index in [1.54, 1.807) is 18.5 Å². The fourth-order valence-electron chi connectivity index (χ4n) is 2.75. The van der Waals surface area contributed by atoms with Gasteiger partial charge in [-0.1, -0.05) is 30.3 Å². The average molecular weight is 306 g/mol. The van der Waals surface area contributed by atoms with Crippen molar-refractivity contribution in [2.75, 3.05) is 11.9 Å². The highest BCUT2D eigenvalue weighted by Gasteiger charge is 2.09. The molecule has 0 unspecified atom stereocenters. The number of nitrogens with one attached hydrogen (secondary N) is 2. The van der Waals surface area contributed by atoms with Crippen molar-refractivity contribution in [2.24, 2.45) is 0 Å². The van der Waals surface area contributed by atoms with E-state index < -0.39 is 0 Å². The van der Waals surface area contributed by atoms with E-state index >= 15 is 0 Å². The minimum Gasteiger partial charge on any atom is -0.368 e. The maximum Gasteiger partial charge on any atom is 0.153 e. The lowest BCUT2D eigenvalue weighted by molar-refractivity contribution is 0.627. The molecule has 0 radical (unpaired) electrons. The second-order valence-corrected chi connectivity index (χ2v) is 5.42. The predicted molar refractivity (Wildman–Crippen MR) is 90.0 cm³/mol. The summed E-state index contributed by atoms with van der Waals surface area (Å²) in [5.41, 5.74) is 3.96. The number of halogens is 1. The summed E-state index contributed by atoms with van der Waals surface area (Å²) in [7, 11) is 0. The predicted octanol–water partition coefficient (Wildman–Crippen LogP) is 3.90. The minimum atomic E-state index is -0.211. The monoisotopic (exact) mass is 306 g/mol. The third kappa shape index (κ3) is 2.61. The Bertz CT molecular complexity index is 960. The number of fused-ring (bicyclic) bond motifs is 3. The molecule has 2 aromatic carbocycles. The van der Waals surface area contributed by atoms with Crippen LogP contribution in [-0.4, -0.2) is 21.5 Å². The molecule has 5 heteroatoms. The lowest BCUT2D eigenvalue weighted by Gasteiger charge is -2.06. The van der Waals surface area contributed by atoms with Gasteiger partial charge in [-0.25, -0.2) is 14.4 Å². The largest absolute Gasteiger partial charge is 0.368 e. The molecule has 4 nitrogen and oxygen atoms in total. The number of aromatic amines is 1. The molecule has 0 spiro atoms. The van der Waals surface area contributed by atoms with Gasteiger partial charge in [0.15, 0.2) is 5.82 Å². The molecule has 0 aliphatic rings. The molecule has 114 valence electrons. The van der Waals surface area contributed by atoms with Crippen molar-refractivity contribution in [1.29, 1.82) is 0 Å². The lowest BCUT2D eigenvalue weighted by Crippen LogP contribution is -2.07. The summed E-state index contributed by atoms with van der Waals surface area (Å²) in [4.78, 5) is 12.1. The molecule has 0 aliphatic heterocycles. The summed E-state index contributed by atoms with van der Waals surface area (Å²) < 4.78 is 12.9. The number of hydrogen-bond donors (Lipinski definition) is 2. The quantitative estimate of drug-likeness (QED) is 0.601. The van der Waals surface area contributed by atoms with Gasteiger partial charge in [0, 0.05) is 17.4 Å². The van der Waals surface area contributed by atoms with Gasteiger partial charge in [0.25, 0.3) is 0 Å². The summed E-state index contributed by atoms with van der Waals surface area (Å²) in [6, 6.07) is 14.6. The molecular formula is C18H15FN4. The molecule has 0 bridgehead atoms. The van der Waals surface area contributed by atoms with Crippen LogP contribution < -0.4 is 5.32 Å². The summed E-state index contributed by atoms with van der Waals surface area (Å²) in [6.45, 7) is 0.715. The first-order valence-corrected chi connectivity index (χ1v) is 7.51. The van der Waals surface area contributed by atoms with Crippen molar-refractivity contribution in [1.82, 2.24) is 15.0 Å². The van der Waals surface area contributed by atoms with Crippen molar-refractivity contribution < 1.29 is 4.39 Å². The molecule has 0 atom stereocenters. The van der Waals surface area contributed by atoms with Gasteiger partial charge in [-0.2, -0.15) is 0 Å². The first-order chi connectivity index (χ1) is 11.3. The van der Waals surface area contributed by atoms with Gasteiger partial charge in [0.1, 0.15) is 23.2 Å². The molecular weight excluding hydrogens is 291 g/mol. The standard InChI is InChI=1S/C18H15FN4/c19-13-7-5-12(6-8-13)9-10-20-18-17-16(21-11-22-18)14-3-1-2-4-15(14)23-17/h1-8,11,23H,9-10H2,(H,20,21,22). The summed E-state index contributed by atoms with van der Waals surface area (Å²) >= 11 is 0. The number of nitrogens with zero attached hydrogens (tertiary/aromatic N) is 2. The van der Waals surface area contributed by atoms with E-state index in [2.05, 4.69) is 20.3 Å². The fraction of sp³-hybridized carbons (Fsp3) is 0.111. The Balaban J connectivity index is 1.58.